The van der Waals surface area contributed by atoms with Crippen LogP contribution in [0, 0.1) is 5.82 Å². The Balaban J connectivity index is 0.00000162. The van der Waals surface area contributed by atoms with Gasteiger partial charge < -0.3 is 0 Å². The number of hydrazine groups is 1. The standard InChI is InChI=1S/C13H12FIN2.ClH/c14-12-6-8-13(9-7-12)17(16-15)10-11-4-2-1-3-5-11;/h1-9,16H,10H2;1H. The topological polar surface area (TPSA) is 15.3 Å². The SMILES string of the molecule is Cl.Fc1ccc(N(Cc2ccccc2)NI)cc1. The minimum absolute atomic E-state index is 0. The summed E-state index contributed by atoms with van der Waals surface area (Å²) in [5.41, 5.74) is 2.13. The Morgan fingerprint density at radius 3 is 2.17 bits per heavy atom. The van der Waals surface area contributed by atoms with Crippen molar-refractivity contribution in [3.05, 3.63) is 66.0 Å². The van der Waals surface area contributed by atoms with Crippen molar-refractivity contribution in [1.29, 1.82) is 0 Å². The fraction of sp³-hybridized carbons (Fsp3) is 0.0769. The smallest absolute Gasteiger partial charge is 0.123 e. The molecule has 0 aliphatic heterocycles. The Bertz CT molecular complexity index is 464. The highest BCUT2D eigenvalue weighted by Gasteiger charge is 2.05. The highest BCUT2D eigenvalue weighted by atomic mass is 127. The average Bonchev–Trinajstić information content (AvgIpc) is 2.38. The van der Waals surface area contributed by atoms with Crippen LogP contribution in [-0.4, -0.2) is 0 Å². The van der Waals surface area contributed by atoms with Gasteiger partial charge in [-0.05, 0) is 29.8 Å². The third-order valence-corrected chi connectivity index (χ3v) is 3.01. The van der Waals surface area contributed by atoms with Gasteiger partial charge in [-0.2, -0.15) is 3.64 Å². The molecule has 96 valence electrons. The van der Waals surface area contributed by atoms with Crippen LogP contribution >= 0.6 is 35.3 Å². The highest BCUT2D eigenvalue weighted by molar-refractivity contribution is 14.1. The fourth-order valence-electron chi connectivity index (χ4n) is 1.56. The number of benzene rings is 2. The number of rotatable bonds is 4. The Kier molecular flexibility index (Phi) is 6.38. The summed E-state index contributed by atoms with van der Waals surface area (Å²) >= 11 is 2.07. The van der Waals surface area contributed by atoms with E-state index in [4.69, 9.17) is 0 Å². The van der Waals surface area contributed by atoms with Crippen molar-refractivity contribution >= 4 is 41.0 Å². The van der Waals surface area contributed by atoms with Crippen LogP contribution in [0.5, 0.6) is 0 Å². The van der Waals surface area contributed by atoms with Gasteiger partial charge in [0.2, 0.25) is 0 Å². The summed E-state index contributed by atoms with van der Waals surface area (Å²) in [4.78, 5) is 0. The zero-order valence-electron chi connectivity index (χ0n) is 9.51. The van der Waals surface area contributed by atoms with Gasteiger partial charge in [0.15, 0.2) is 0 Å². The second-order valence-corrected chi connectivity index (χ2v) is 4.12. The van der Waals surface area contributed by atoms with E-state index in [1.165, 1.54) is 17.7 Å². The van der Waals surface area contributed by atoms with Crippen LogP contribution in [0.2, 0.25) is 0 Å². The molecule has 0 heterocycles. The molecule has 0 spiro atoms. The van der Waals surface area contributed by atoms with Gasteiger partial charge in [-0.3, -0.25) is 5.01 Å². The monoisotopic (exact) mass is 378 g/mol. The first-order valence-electron chi connectivity index (χ1n) is 5.23. The van der Waals surface area contributed by atoms with E-state index >= 15 is 0 Å². The van der Waals surface area contributed by atoms with Crippen molar-refractivity contribution in [1.82, 2.24) is 3.64 Å². The minimum Gasteiger partial charge on any atom is -0.295 e. The maximum Gasteiger partial charge on any atom is 0.123 e. The molecular formula is C13H13ClFIN2. The molecule has 5 heteroatoms. The maximum absolute atomic E-state index is 12.8. The molecule has 2 aromatic carbocycles. The van der Waals surface area contributed by atoms with Gasteiger partial charge >= 0.3 is 0 Å². The number of hydrogen-bond donors (Lipinski definition) is 1. The molecule has 2 nitrogen and oxygen atoms in total. The normalized spacial score (nSPS) is 9.67. The number of nitrogens with one attached hydrogen (secondary N) is 1. The molecular weight excluding hydrogens is 366 g/mol. The first-order valence-corrected chi connectivity index (χ1v) is 6.31. The number of anilines is 1. The van der Waals surface area contributed by atoms with E-state index in [-0.39, 0.29) is 18.2 Å². The van der Waals surface area contributed by atoms with Gasteiger partial charge in [-0.25, -0.2) is 4.39 Å². The molecule has 0 amide bonds. The largest absolute Gasteiger partial charge is 0.295 e. The highest BCUT2D eigenvalue weighted by Crippen LogP contribution is 2.16. The van der Waals surface area contributed by atoms with Crippen molar-refractivity contribution in [2.24, 2.45) is 0 Å². The zero-order chi connectivity index (χ0) is 12.1. The first kappa shape index (κ1) is 15.2. The van der Waals surface area contributed by atoms with Crippen molar-refractivity contribution in [2.75, 3.05) is 5.01 Å². The lowest BCUT2D eigenvalue weighted by Gasteiger charge is -2.22. The van der Waals surface area contributed by atoms with Crippen LogP contribution in [0.15, 0.2) is 54.6 Å². The molecule has 1 N–H and O–H groups in total. The summed E-state index contributed by atoms with van der Waals surface area (Å²) in [6.07, 6.45) is 0. The van der Waals surface area contributed by atoms with Crippen molar-refractivity contribution in [3.8, 4) is 0 Å². The van der Waals surface area contributed by atoms with Crippen molar-refractivity contribution < 1.29 is 4.39 Å². The molecule has 0 saturated heterocycles. The number of halogens is 3. The predicted octanol–water partition coefficient (Wildman–Crippen LogP) is 4.11. The van der Waals surface area contributed by atoms with Crippen LogP contribution in [0.25, 0.3) is 0 Å². The van der Waals surface area contributed by atoms with E-state index in [9.17, 15) is 4.39 Å². The third-order valence-electron chi connectivity index (χ3n) is 2.42. The summed E-state index contributed by atoms with van der Waals surface area (Å²) in [5, 5.41) is 1.95. The summed E-state index contributed by atoms with van der Waals surface area (Å²) in [7, 11) is 0. The summed E-state index contributed by atoms with van der Waals surface area (Å²) < 4.78 is 15.9. The van der Waals surface area contributed by atoms with Gasteiger partial charge in [-0.15, -0.1) is 12.4 Å². The third kappa shape index (κ3) is 4.12. The summed E-state index contributed by atoms with van der Waals surface area (Å²) in [5.74, 6) is -0.220. The zero-order valence-corrected chi connectivity index (χ0v) is 12.5. The van der Waals surface area contributed by atoms with Gasteiger partial charge in [0.25, 0.3) is 0 Å². The van der Waals surface area contributed by atoms with Gasteiger partial charge in [0, 0.05) is 22.9 Å². The molecule has 18 heavy (non-hydrogen) atoms. The predicted molar refractivity (Wildman–Crippen MR) is 83.4 cm³/mol. The van der Waals surface area contributed by atoms with E-state index < -0.39 is 0 Å². The summed E-state index contributed by atoms with van der Waals surface area (Å²) in [6.45, 7) is 0.732. The molecule has 0 aromatic heterocycles. The lowest BCUT2D eigenvalue weighted by Crippen LogP contribution is -2.30. The molecule has 0 saturated carbocycles. The Hall–Kier alpha value is -0.850. The molecule has 0 fully saturated rings. The number of hydrogen-bond acceptors (Lipinski definition) is 2. The Labute approximate surface area is 126 Å². The number of nitrogens with zero attached hydrogens (tertiary/aromatic N) is 1. The van der Waals surface area contributed by atoms with Crippen molar-refractivity contribution in [3.63, 3.8) is 0 Å². The lowest BCUT2D eigenvalue weighted by atomic mass is 10.2. The van der Waals surface area contributed by atoms with Gasteiger partial charge in [-0.1, -0.05) is 30.3 Å². The van der Waals surface area contributed by atoms with Crippen LogP contribution in [0.1, 0.15) is 5.56 Å². The minimum atomic E-state index is -0.220. The van der Waals surface area contributed by atoms with E-state index in [1.807, 2.05) is 23.2 Å². The Morgan fingerprint density at radius 2 is 1.61 bits per heavy atom. The van der Waals surface area contributed by atoms with E-state index in [0.717, 1.165) is 12.2 Å². The van der Waals surface area contributed by atoms with Gasteiger partial charge in [0.1, 0.15) is 5.82 Å². The van der Waals surface area contributed by atoms with Gasteiger partial charge in [0.05, 0.1) is 12.2 Å². The molecule has 2 aromatic rings. The molecule has 0 aliphatic rings. The average molecular weight is 379 g/mol. The first-order chi connectivity index (χ1) is 8.29. The van der Waals surface area contributed by atoms with Crippen LogP contribution in [0.3, 0.4) is 0 Å². The van der Waals surface area contributed by atoms with E-state index in [1.54, 1.807) is 12.1 Å². The molecule has 0 aliphatic carbocycles. The molecule has 0 unspecified atom stereocenters. The molecule has 0 atom stereocenters. The second kappa shape index (κ2) is 7.56. The van der Waals surface area contributed by atoms with Crippen LogP contribution in [-0.2, 0) is 6.54 Å². The van der Waals surface area contributed by atoms with E-state index in [2.05, 4.69) is 38.6 Å². The van der Waals surface area contributed by atoms with Crippen LogP contribution in [0.4, 0.5) is 10.1 Å². The van der Waals surface area contributed by atoms with Crippen LogP contribution < -0.4 is 8.65 Å². The quantitative estimate of drug-likeness (QED) is 0.489. The van der Waals surface area contributed by atoms with E-state index in [0.29, 0.717) is 0 Å². The summed E-state index contributed by atoms with van der Waals surface area (Å²) in [6, 6.07) is 16.5. The second-order valence-electron chi connectivity index (χ2n) is 3.63. The molecule has 0 radical (unpaired) electrons. The fourth-order valence-corrected chi connectivity index (χ4v) is 2.01. The molecule has 0 bridgehead atoms. The Morgan fingerprint density at radius 1 is 1.00 bits per heavy atom. The lowest BCUT2D eigenvalue weighted by molar-refractivity contribution is 0.627. The van der Waals surface area contributed by atoms with Crippen molar-refractivity contribution in [2.45, 2.75) is 6.54 Å². The molecule has 2 rings (SSSR count). The maximum atomic E-state index is 12.8.